The van der Waals surface area contributed by atoms with Gasteiger partial charge in [0.1, 0.15) is 6.10 Å². The van der Waals surface area contributed by atoms with Crippen LogP contribution in [0.3, 0.4) is 0 Å². The summed E-state index contributed by atoms with van der Waals surface area (Å²) in [5.41, 5.74) is 0. The summed E-state index contributed by atoms with van der Waals surface area (Å²) >= 11 is 0. The number of nitrogens with zero attached hydrogens (tertiary/aromatic N) is 3. The van der Waals surface area contributed by atoms with E-state index in [0.717, 1.165) is 26.2 Å². The van der Waals surface area contributed by atoms with Gasteiger partial charge in [0.2, 0.25) is 0 Å². The van der Waals surface area contributed by atoms with Crippen LogP contribution in [0, 0.1) is 11.3 Å². The molecule has 0 aromatic rings. The highest BCUT2D eigenvalue weighted by Gasteiger charge is 2.20. The lowest BCUT2D eigenvalue weighted by Gasteiger charge is -2.34. The van der Waals surface area contributed by atoms with E-state index in [0.29, 0.717) is 13.1 Å². The molecule has 0 bridgehead atoms. The molecular weight excluding hydrogens is 222 g/mol. The monoisotopic (exact) mass is 241 g/mol. The Morgan fingerprint density at radius 1 is 1.41 bits per heavy atom. The fourth-order valence-corrected chi connectivity index (χ4v) is 1.88. The van der Waals surface area contributed by atoms with Crippen molar-refractivity contribution in [2.75, 3.05) is 45.9 Å². The Balaban J connectivity index is 2.29. The summed E-state index contributed by atoms with van der Waals surface area (Å²) in [5.74, 6) is -0.368. The first-order valence-corrected chi connectivity index (χ1v) is 5.75. The van der Waals surface area contributed by atoms with Crippen LogP contribution < -0.4 is 0 Å². The maximum atomic E-state index is 10.8. The number of ether oxygens (including phenoxy) is 1. The van der Waals surface area contributed by atoms with Crippen LogP contribution in [0.5, 0.6) is 0 Å². The van der Waals surface area contributed by atoms with Crippen molar-refractivity contribution >= 4 is 5.97 Å². The predicted molar refractivity (Wildman–Crippen MR) is 61.1 cm³/mol. The van der Waals surface area contributed by atoms with Crippen LogP contribution in [0.25, 0.3) is 0 Å². The first-order chi connectivity index (χ1) is 8.15. The molecule has 0 aromatic carbocycles. The van der Waals surface area contributed by atoms with E-state index in [1.54, 1.807) is 0 Å². The number of hydrogen-bond acceptors (Lipinski definition) is 6. The molecule has 1 aliphatic heterocycles. The summed E-state index contributed by atoms with van der Waals surface area (Å²) in [4.78, 5) is 15.0. The molecule has 0 amide bonds. The molecule has 0 radical (unpaired) electrons. The summed E-state index contributed by atoms with van der Waals surface area (Å²) in [6.45, 7) is 5.54. The summed E-state index contributed by atoms with van der Waals surface area (Å²) < 4.78 is 4.98. The van der Waals surface area contributed by atoms with Gasteiger partial charge in [-0.15, -0.1) is 0 Å². The Morgan fingerprint density at radius 3 is 2.47 bits per heavy atom. The van der Waals surface area contributed by atoms with Crippen LogP contribution in [0.4, 0.5) is 0 Å². The second kappa shape index (κ2) is 7.22. The lowest BCUT2D eigenvalue weighted by atomic mass is 10.2. The highest BCUT2D eigenvalue weighted by molar-refractivity contribution is 5.66. The largest absolute Gasteiger partial charge is 0.459 e. The third-order valence-corrected chi connectivity index (χ3v) is 2.76. The average molecular weight is 241 g/mol. The standard InChI is InChI=1S/C11H19N3O3/c1-10(16)17-11(9-15)8-14-6-4-13(3-2-12)5-7-14/h11,15H,3-9H2,1H3. The van der Waals surface area contributed by atoms with Crippen LogP contribution in [0.2, 0.25) is 0 Å². The summed E-state index contributed by atoms with van der Waals surface area (Å²) in [5, 5.41) is 17.7. The normalized spacial score (nSPS) is 19.6. The molecule has 1 rings (SSSR count). The van der Waals surface area contributed by atoms with Gasteiger partial charge in [-0.2, -0.15) is 5.26 Å². The smallest absolute Gasteiger partial charge is 0.303 e. The lowest BCUT2D eigenvalue weighted by Crippen LogP contribution is -2.49. The summed E-state index contributed by atoms with van der Waals surface area (Å²) in [6.07, 6.45) is -0.449. The average Bonchev–Trinajstić information content (AvgIpc) is 2.30. The van der Waals surface area contributed by atoms with E-state index >= 15 is 0 Å². The zero-order valence-electron chi connectivity index (χ0n) is 10.1. The van der Waals surface area contributed by atoms with Crippen molar-refractivity contribution < 1.29 is 14.6 Å². The SMILES string of the molecule is CC(=O)OC(CO)CN1CCN(CC#N)CC1. The van der Waals surface area contributed by atoms with Gasteiger partial charge in [-0.25, -0.2) is 0 Å². The molecule has 0 aliphatic carbocycles. The number of piperazine rings is 1. The van der Waals surface area contributed by atoms with Crippen molar-refractivity contribution in [1.82, 2.24) is 9.80 Å². The van der Waals surface area contributed by atoms with Crippen LogP contribution in [-0.2, 0) is 9.53 Å². The molecule has 0 saturated carbocycles. The Labute approximate surface area is 101 Å². The minimum absolute atomic E-state index is 0.155. The van der Waals surface area contributed by atoms with Crippen molar-refractivity contribution in [3.05, 3.63) is 0 Å². The van der Waals surface area contributed by atoms with Crippen molar-refractivity contribution in [2.45, 2.75) is 13.0 Å². The fourth-order valence-electron chi connectivity index (χ4n) is 1.88. The van der Waals surface area contributed by atoms with Gasteiger partial charge in [-0.1, -0.05) is 0 Å². The van der Waals surface area contributed by atoms with Gasteiger partial charge in [0.25, 0.3) is 0 Å². The Kier molecular flexibility index (Phi) is 5.91. The molecule has 1 unspecified atom stereocenters. The quantitative estimate of drug-likeness (QED) is 0.494. The van der Waals surface area contributed by atoms with E-state index in [9.17, 15) is 4.79 Å². The molecule has 6 nitrogen and oxygen atoms in total. The van der Waals surface area contributed by atoms with Gasteiger partial charge in [-0.3, -0.25) is 14.6 Å². The third-order valence-electron chi connectivity index (χ3n) is 2.76. The number of aliphatic hydroxyl groups is 1. The topological polar surface area (TPSA) is 76.8 Å². The van der Waals surface area contributed by atoms with Crippen LogP contribution in [-0.4, -0.2) is 72.9 Å². The van der Waals surface area contributed by atoms with E-state index in [1.165, 1.54) is 6.92 Å². The zero-order chi connectivity index (χ0) is 12.7. The summed E-state index contributed by atoms with van der Waals surface area (Å²) in [6, 6.07) is 2.13. The predicted octanol–water partition coefficient (Wildman–Crippen LogP) is -0.948. The maximum absolute atomic E-state index is 10.8. The van der Waals surface area contributed by atoms with Crippen molar-refractivity contribution in [3.63, 3.8) is 0 Å². The molecule has 1 aliphatic rings. The Hall–Kier alpha value is -1.16. The third kappa shape index (κ3) is 5.13. The maximum Gasteiger partial charge on any atom is 0.303 e. The van der Waals surface area contributed by atoms with Gasteiger partial charge in [0.05, 0.1) is 19.2 Å². The Morgan fingerprint density at radius 2 is 2.00 bits per heavy atom. The lowest BCUT2D eigenvalue weighted by molar-refractivity contribution is -0.149. The van der Waals surface area contributed by atoms with Crippen LogP contribution in [0.15, 0.2) is 0 Å². The van der Waals surface area contributed by atoms with Gasteiger partial charge in [0.15, 0.2) is 0 Å². The molecule has 17 heavy (non-hydrogen) atoms. The molecule has 1 heterocycles. The fraction of sp³-hybridized carbons (Fsp3) is 0.818. The molecule has 6 heteroatoms. The van der Waals surface area contributed by atoms with Crippen LogP contribution in [0.1, 0.15) is 6.92 Å². The number of esters is 1. The van der Waals surface area contributed by atoms with Crippen molar-refractivity contribution in [2.24, 2.45) is 0 Å². The zero-order valence-corrected chi connectivity index (χ0v) is 10.1. The number of aliphatic hydroxyl groups excluding tert-OH is 1. The molecule has 0 spiro atoms. The second-order valence-electron chi connectivity index (χ2n) is 4.15. The van der Waals surface area contributed by atoms with E-state index in [1.807, 2.05) is 0 Å². The number of carbonyl (C=O) groups excluding carboxylic acids is 1. The first kappa shape index (κ1) is 13.9. The number of carbonyl (C=O) groups is 1. The molecule has 96 valence electrons. The first-order valence-electron chi connectivity index (χ1n) is 5.75. The van der Waals surface area contributed by atoms with Crippen molar-refractivity contribution in [1.29, 1.82) is 5.26 Å². The van der Waals surface area contributed by atoms with Gasteiger partial charge < -0.3 is 9.84 Å². The molecular formula is C11H19N3O3. The molecule has 1 fully saturated rings. The van der Waals surface area contributed by atoms with E-state index in [-0.39, 0.29) is 12.6 Å². The molecule has 0 aromatic heterocycles. The molecule has 1 saturated heterocycles. The van der Waals surface area contributed by atoms with Gasteiger partial charge in [-0.05, 0) is 0 Å². The van der Waals surface area contributed by atoms with Gasteiger partial charge >= 0.3 is 5.97 Å². The highest BCUT2D eigenvalue weighted by atomic mass is 16.5. The number of hydrogen-bond donors (Lipinski definition) is 1. The van der Waals surface area contributed by atoms with Crippen LogP contribution >= 0.6 is 0 Å². The van der Waals surface area contributed by atoms with E-state index < -0.39 is 6.10 Å². The summed E-state index contributed by atoms with van der Waals surface area (Å²) in [7, 11) is 0. The highest BCUT2D eigenvalue weighted by Crippen LogP contribution is 2.04. The number of rotatable bonds is 5. The second-order valence-corrected chi connectivity index (χ2v) is 4.15. The number of nitriles is 1. The minimum Gasteiger partial charge on any atom is -0.459 e. The van der Waals surface area contributed by atoms with Gasteiger partial charge in [0, 0.05) is 39.6 Å². The molecule has 1 N–H and O–H groups in total. The minimum atomic E-state index is -0.449. The Bertz CT molecular complexity index is 282. The molecule has 1 atom stereocenters. The van der Waals surface area contributed by atoms with Crippen molar-refractivity contribution in [3.8, 4) is 6.07 Å². The van der Waals surface area contributed by atoms with E-state index in [4.69, 9.17) is 15.1 Å². The van der Waals surface area contributed by atoms with E-state index in [2.05, 4.69) is 15.9 Å².